The third kappa shape index (κ3) is 3.71. The molecule has 118 valence electrons. The van der Waals surface area contributed by atoms with Crippen molar-refractivity contribution in [3.05, 3.63) is 60.2 Å². The molecule has 0 bridgehead atoms. The minimum Gasteiger partial charge on any atom is -0.349 e. The Labute approximate surface area is 134 Å². The summed E-state index contributed by atoms with van der Waals surface area (Å²) in [5.74, 6) is -0.0959. The zero-order chi connectivity index (χ0) is 16.1. The van der Waals surface area contributed by atoms with Crippen LogP contribution in [-0.2, 0) is 0 Å². The standard InChI is InChI=1S/C17H18N4O2/c22-16(13-3-8-18-9-4-13)20-15-5-10-21(11-6-15)17(23)14-2-1-7-19-12-14/h1-4,7-9,12,15H,5-6,10-11H2,(H,20,22). The lowest BCUT2D eigenvalue weighted by Gasteiger charge is -2.32. The number of nitrogens with zero attached hydrogens (tertiary/aromatic N) is 3. The molecule has 6 nitrogen and oxygen atoms in total. The van der Waals surface area contributed by atoms with Gasteiger partial charge < -0.3 is 10.2 Å². The second kappa shape index (κ2) is 7.00. The van der Waals surface area contributed by atoms with Crippen LogP contribution < -0.4 is 5.32 Å². The number of piperidine rings is 1. The van der Waals surface area contributed by atoms with E-state index in [0.717, 1.165) is 12.8 Å². The summed E-state index contributed by atoms with van der Waals surface area (Å²) in [5, 5.41) is 3.02. The molecule has 23 heavy (non-hydrogen) atoms. The van der Waals surface area contributed by atoms with Gasteiger partial charge in [-0.1, -0.05) is 0 Å². The van der Waals surface area contributed by atoms with E-state index in [1.165, 1.54) is 0 Å². The van der Waals surface area contributed by atoms with E-state index in [0.29, 0.717) is 24.2 Å². The van der Waals surface area contributed by atoms with Crippen LogP contribution in [0.25, 0.3) is 0 Å². The van der Waals surface area contributed by atoms with E-state index in [1.807, 2.05) is 4.90 Å². The molecule has 0 atom stereocenters. The fourth-order valence-electron chi connectivity index (χ4n) is 2.67. The maximum absolute atomic E-state index is 12.3. The number of rotatable bonds is 3. The first-order chi connectivity index (χ1) is 11.2. The van der Waals surface area contributed by atoms with Gasteiger partial charge in [0.2, 0.25) is 0 Å². The Kier molecular flexibility index (Phi) is 4.61. The summed E-state index contributed by atoms with van der Waals surface area (Å²) in [6.45, 7) is 1.27. The number of nitrogens with one attached hydrogen (secondary N) is 1. The first-order valence-corrected chi connectivity index (χ1v) is 7.64. The van der Waals surface area contributed by atoms with Crippen LogP contribution in [0.2, 0.25) is 0 Å². The van der Waals surface area contributed by atoms with Crippen molar-refractivity contribution in [1.82, 2.24) is 20.2 Å². The summed E-state index contributed by atoms with van der Waals surface area (Å²) in [6, 6.07) is 7.00. The lowest BCUT2D eigenvalue weighted by atomic mass is 10.0. The van der Waals surface area contributed by atoms with Crippen LogP contribution in [-0.4, -0.2) is 45.8 Å². The van der Waals surface area contributed by atoms with Crippen LogP contribution in [0.5, 0.6) is 0 Å². The molecule has 0 saturated carbocycles. The minimum atomic E-state index is -0.0931. The van der Waals surface area contributed by atoms with Gasteiger partial charge in [0.15, 0.2) is 0 Å². The Balaban J connectivity index is 1.53. The normalized spacial score (nSPS) is 15.2. The largest absolute Gasteiger partial charge is 0.349 e. The molecule has 2 aromatic heterocycles. The molecule has 0 unspecified atom stereocenters. The fourth-order valence-corrected chi connectivity index (χ4v) is 2.67. The van der Waals surface area contributed by atoms with Gasteiger partial charge in [0.1, 0.15) is 0 Å². The van der Waals surface area contributed by atoms with Gasteiger partial charge >= 0.3 is 0 Å². The molecule has 1 saturated heterocycles. The molecule has 1 N–H and O–H groups in total. The smallest absolute Gasteiger partial charge is 0.255 e. The molecular weight excluding hydrogens is 292 g/mol. The van der Waals surface area contributed by atoms with Crippen LogP contribution >= 0.6 is 0 Å². The van der Waals surface area contributed by atoms with Crippen LogP contribution in [0, 0.1) is 0 Å². The summed E-state index contributed by atoms with van der Waals surface area (Å²) in [4.78, 5) is 34.2. The van der Waals surface area contributed by atoms with Gasteiger partial charge in [0.25, 0.3) is 11.8 Å². The highest BCUT2D eigenvalue weighted by molar-refractivity contribution is 5.95. The molecule has 2 amide bonds. The van der Waals surface area contributed by atoms with Crippen molar-refractivity contribution in [1.29, 1.82) is 0 Å². The van der Waals surface area contributed by atoms with Gasteiger partial charge in [0, 0.05) is 49.5 Å². The molecule has 1 aliphatic heterocycles. The topological polar surface area (TPSA) is 75.2 Å². The average molecular weight is 310 g/mol. The van der Waals surface area contributed by atoms with Crippen molar-refractivity contribution >= 4 is 11.8 Å². The number of aromatic nitrogens is 2. The van der Waals surface area contributed by atoms with Crippen molar-refractivity contribution in [2.75, 3.05) is 13.1 Å². The van der Waals surface area contributed by atoms with E-state index in [9.17, 15) is 9.59 Å². The summed E-state index contributed by atoms with van der Waals surface area (Å²) in [5.41, 5.74) is 1.21. The second-order valence-corrected chi connectivity index (χ2v) is 5.52. The van der Waals surface area contributed by atoms with Crippen LogP contribution in [0.1, 0.15) is 33.6 Å². The molecule has 3 rings (SSSR count). The van der Waals surface area contributed by atoms with E-state index in [2.05, 4.69) is 15.3 Å². The second-order valence-electron chi connectivity index (χ2n) is 5.52. The van der Waals surface area contributed by atoms with Gasteiger partial charge in [-0.3, -0.25) is 19.6 Å². The number of carbonyl (C=O) groups is 2. The molecular formula is C17H18N4O2. The van der Waals surface area contributed by atoms with E-state index >= 15 is 0 Å². The highest BCUT2D eigenvalue weighted by Crippen LogP contribution is 2.14. The molecule has 3 heterocycles. The van der Waals surface area contributed by atoms with Crippen molar-refractivity contribution in [2.45, 2.75) is 18.9 Å². The van der Waals surface area contributed by atoms with Crippen LogP contribution in [0.15, 0.2) is 49.1 Å². The Morgan fingerprint density at radius 1 is 1.00 bits per heavy atom. The Bertz CT molecular complexity index is 668. The first-order valence-electron chi connectivity index (χ1n) is 7.64. The van der Waals surface area contributed by atoms with Crippen LogP contribution in [0.3, 0.4) is 0 Å². The monoisotopic (exact) mass is 310 g/mol. The highest BCUT2D eigenvalue weighted by atomic mass is 16.2. The molecule has 2 aromatic rings. The van der Waals surface area contributed by atoms with Gasteiger partial charge in [-0.25, -0.2) is 0 Å². The van der Waals surface area contributed by atoms with Gasteiger partial charge in [-0.15, -0.1) is 0 Å². The summed E-state index contributed by atoms with van der Waals surface area (Å²) in [6.07, 6.45) is 7.94. The SMILES string of the molecule is O=C(NC1CCN(C(=O)c2cccnc2)CC1)c1ccncc1. The van der Waals surface area contributed by atoms with Crippen LogP contribution in [0.4, 0.5) is 0 Å². The van der Waals surface area contributed by atoms with E-state index < -0.39 is 0 Å². The Morgan fingerprint density at radius 2 is 1.74 bits per heavy atom. The lowest BCUT2D eigenvalue weighted by molar-refractivity contribution is 0.0697. The fraction of sp³-hybridized carbons (Fsp3) is 0.294. The number of pyridine rings is 2. The van der Waals surface area contributed by atoms with E-state index in [-0.39, 0.29) is 17.9 Å². The predicted octanol–water partition coefficient (Wildman–Crippen LogP) is 1.51. The van der Waals surface area contributed by atoms with Crippen molar-refractivity contribution < 1.29 is 9.59 Å². The number of likely N-dealkylation sites (tertiary alicyclic amines) is 1. The van der Waals surface area contributed by atoms with E-state index in [4.69, 9.17) is 0 Å². The maximum atomic E-state index is 12.3. The Hall–Kier alpha value is -2.76. The molecule has 0 spiro atoms. The Morgan fingerprint density at radius 3 is 2.39 bits per heavy atom. The third-order valence-electron chi connectivity index (χ3n) is 3.97. The van der Waals surface area contributed by atoms with Gasteiger partial charge in [-0.2, -0.15) is 0 Å². The first kappa shape index (κ1) is 15.1. The maximum Gasteiger partial charge on any atom is 0.255 e. The van der Waals surface area contributed by atoms with Gasteiger partial charge in [-0.05, 0) is 37.1 Å². The summed E-state index contributed by atoms with van der Waals surface area (Å²) < 4.78 is 0. The lowest BCUT2D eigenvalue weighted by Crippen LogP contribution is -2.46. The number of amides is 2. The number of hydrogen-bond acceptors (Lipinski definition) is 4. The average Bonchev–Trinajstić information content (AvgIpc) is 2.63. The minimum absolute atomic E-state index is 0.00277. The predicted molar refractivity (Wildman–Crippen MR) is 84.9 cm³/mol. The molecule has 0 radical (unpaired) electrons. The van der Waals surface area contributed by atoms with E-state index in [1.54, 1.807) is 49.1 Å². The highest BCUT2D eigenvalue weighted by Gasteiger charge is 2.24. The molecule has 1 fully saturated rings. The zero-order valence-corrected chi connectivity index (χ0v) is 12.7. The van der Waals surface area contributed by atoms with Crippen molar-refractivity contribution in [3.63, 3.8) is 0 Å². The third-order valence-corrected chi connectivity index (χ3v) is 3.97. The molecule has 1 aliphatic rings. The molecule has 6 heteroatoms. The summed E-state index contributed by atoms with van der Waals surface area (Å²) in [7, 11) is 0. The molecule has 0 aromatic carbocycles. The van der Waals surface area contributed by atoms with Crippen molar-refractivity contribution in [3.8, 4) is 0 Å². The quantitative estimate of drug-likeness (QED) is 0.932. The molecule has 0 aliphatic carbocycles. The number of hydrogen-bond donors (Lipinski definition) is 1. The zero-order valence-electron chi connectivity index (χ0n) is 12.7. The van der Waals surface area contributed by atoms with Gasteiger partial charge in [0.05, 0.1) is 5.56 Å². The number of carbonyl (C=O) groups excluding carboxylic acids is 2. The summed E-state index contributed by atoms with van der Waals surface area (Å²) >= 11 is 0. The van der Waals surface area contributed by atoms with Crippen molar-refractivity contribution in [2.24, 2.45) is 0 Å².